The third kappa shape index (κ3) is 5.40. The third-order valence-corrected chi connectivity index (χ3v) is 3.75. The summed E-state index contributed by atoms with van der Waals surface area (Å²) in [5.41, 5.74) is 5.73. The highest BCUT2D eigenvalue weighted by atomic mass is 32.2. The van der Waals surface area contributed by atoms with Crippen LogP contribution in [0.15, 0.2) is 34.3 Å². The molecule has 0 fully saturated rings. The van der Waals surface area contributed by atoms with Crippen molar-refractivity contribution in [2.24, 2.45) is 10.8 Å². The second kappa shape index (κ2) is 7.41. The Morgan fingerprint density at radius 1 is 1.23 bits per heavy atom. The standard InChI is InChI=1S/C12H17N5O4S/c1-3-8(2)16-17-22(20,21)10-6-4-9(5-7-10)14-12(19)15-11(13)18/h4-7,17H,3H2,1-2H3,(H4,13,14,15,18,19)/b16-8+. The van der Waals surface area contributed by atoms with Crippen LogP contribution in [0.1, 0.15) is 20.3 Å². The van der Waals surface area contributed by atoms with Gasteiger partial charge in [-0.3, -0.25) is 5.32 Å². The highest BCUT2D eigenvalue weighted by molar-refractivity contribution is 7.89. The number of hydrogen-bond donors (Lipinski definition) is 4. The van der Waals surface area contributed by atoms with Crippen molar-refractivity contribution >= 4 is 33.5 Å². The zero-order chi connectivity index (χ0) is 16.8. The summed E-state index contributed by atoms with van der Waals surface area (Å²) in [6.07, 6.45) is 0.625. The number of nitrogens with zero attached hydrogens (tertiary/aromatic N) is 1. The molecule has 1 aromatic carbocycles. The Morgan fingerprint density at radius 3 is 2.32 bits per heavy atom. The minimum absolute atomic E-state index is 0.0130. The summed E-state index contributed by atoms with van der Waals surface area (Å²) in [6, 6.07) is 3.50. The van der Waals surface area contributed by atoms with Gasteiger partial charge in [-0.15, -0.1) is 0 Å². The van der Waals surface area contributed by atoms with Crippen molar-refractivity contribution in [1.29, 1.82) is 0 Å². The van der Waals surface area contributed by atoms with E-state index in [9.17, 15) is 18.0 Å². The number of benzene rings is 1. The fourth-order valence-corrected chi connectivity index (χ4v) is 2.14. The number of nitrogens with two attached hydrogens (primary N) is 1. The molecule has 0 spiro atoms. The predicted molar refractivity (Wildman–Crippen MR) is 81.9 cm³/mol. The summed E-state index contributed by atoms with van der Waals surface area (Å²) in [5, 5.41) is 7.88. The van der Waals surface area contributed by atoms with E-state index in [0.717, 1.165) is 0 Å². The second-order valence-corrected chi connectivity index (χ2v) is 5.92. The highest BCUT2D eigenvalue weighted by Gasteiger charge is 2.13. The molecule has 0 aliphatic carbocycles. The number of rotatable bonds is 5. The molecule has 22 heavy (non-hydrogen) atoms. The van der Waals surface area contributed by atoms with E-state index in [2.05, 4.69) is 15.2 Å². The number of carbonyl (C=O) groups excluding carboxylic acids is 2. The van der Waals surface area contributed by atoms with Crippen molar-refractivity contribution in [3.63, 3.8) is 0 Å². The first-order valence-electron chi connectivity index (χ1n) is 6.27. The van der Waals surface area contributed by atoms with Crippen molar-refractivity contribution < 1.29 is 18.0 Å². The SMILES string of the molecule is CC/C(C)=N/NS(=O)(=O)c1ccc(NC(=O)NC(N)=O)cc1. The second-order valence-electron chi connectivity index (χ2n) is 4.26. The van der Waals surface area contributed by atoms with Gasteiger partial charge in [-0.1, -0.05) is 6.92 Å². The van der Waals surface area contributed by atoms with Crippen LogP contribution in [-0.2, 0) is 10.0 Å². The molecule has 120 valence electrons. The smallest absolute Gasteiger partial charge is 0.327 e. The van der Waals surface area contributed by atoms with E-state index in [0.29, 0.717) is 17.8 Å². The lowest BCUT2D eigenvalue weighted by Gasteiger charge is -2.07. The van der Waals surface area contributed by atoms with Crippen LogP contribution in [0.3, 0.4) is 0 Å². The van der Waals surface area contributed by atoms with Crippen molar-refractivity contribution in [3.8, 4) is 0 Å². The molecule has 0 aromatic heterocycles. The monoisotopic (exact) mass is 327 g/mol. The molecule has 5 N–H and O–H groups in total. The number of hydrogen-bond acceptors (Lipinski definition) is 5. The van der Waals surface area contributed by atoms with Gasteiger partial charge in [-0.05, 0) is 37.6 Å². The van der Waals surface area contributed by atoms with E-state index < -0.39 is 22.1 Å². The molecule has 0 heterocycles. The Bertz CT molecular complexity index is 682. The van der Waals surface area contributed by atoms with Crippen LogP contribution in [0.4, 0.5) is 15.3 Å². The average Bonchev–Trinajstić information content (AvgIpc) is 2.44. The van der Waals surface area contributed by atoms with E-state index in [1.807, 2.05) is 12.2 Å². The average molecular weight is 327 g/mol. The first kappa shape index (κ1) is 17.4. The van der Waals surface area contributed by atoms with Crippen LogP contribution in [0.25, 0.3) is 0 Å². The number of nitrogens with one attached hydrogen (secondary N) is 3. The van der Waals surface area contributed by atoms with Gasteiger partial charge in [0.15, 0.2) is 0 Å². The number of imide groups is 1. The summed E-state index contributed by atoms with van der Waals surface area (Å²) >= 11 is 0. The van der Waals surface area contributed by atoms with Crippen molar-refractivity contribution in [3.05, 3.63) is 24.3 Å². The molecule has 0 saturated heterocycles. The van der Waals surface area contributed by atoms with Crippen molar-refractivity contribution in [2.45, 2.75) is 25.2 Å². The first-order valence-corrected chi connectivity index (χ1v) is 7.75. The summed E-state index contributed by atoms with van der Waals surface area (Å²) < 4.78 is 23.9. The maximum atomic E-state index is 12.0. The molecular weight excluding hydrogens is 310 g/mol. The van der Waals surface area contributed by atoms with E-state index in [1.165, 1.54) is 24.3 Å². The summed E-state index contributed by atoms with van der Waals surface area (Å²) in [6.45, 7) is 3.55. The number of carbonyl (C=O) groups is 2. The largest absolute Gasteiger partial charge is 0.351 e. The van der Waals surface area contributed by atoms with Crippen LogP contribution in [0.2, 0.25) is 0 Å². The molecule has 4 amide bonds. The maximum Gasteiger partial charge on any atom is 0.327 e. The molecule has 1 rings (SSSR count). The zero-order valence-electron chi connectivity index (χ0n) is 12.1. The molecule has 0 saturated carbocycles. The van der Waals surface area contributed by atoms with Gasteiger partial charge in [-0.2, -0.15) is 13.5 Å². The van der Waals surface area contributed by atoms with Crippen LogP contribution in [-0.4, -0.2) is 26.2 Å². The fraction of sp³-hybridized carbons (Fsp3) is 0.250. The minimum Gasteiger partial charge on any atom is -0.351 e. The Morgan fingerprint density at radius 2 is 1.82 bits per heavy atom. The number of anilines is 1. The lowest BCUT2D eigenvalue weighted by atomic mass is 10.3. The van der Waals surface area contributed by atoms with Crippen LogP contribution < -0.4 is 21.2 Å². The lowest BCUT2D eigenvalue weighted by molar-refractivity contribution is 0.238. The van der Waals surface area contributed by atoms with Gasteiger partial charge >= 0.3 is 12.1 Å². The molecule has 1 aromatic rings. The van der Waals surface area contributed by atoms with Gasteiger partial charge < -0.3 is 11.1 Å². The summed E-state index contributed by atoms with van der Waals surface area (Å²) in [4.78, 5) is 23.8. The fourth-order valence-electron chi connectivity index (χ4n) is 1.26. The Balaban J connectivity index is 2.79. The van der Waals surface area contributed by atoms with Crippen LogP contribution in [0.5, 0.6) is 0 Å². The first-order chi connectivity index (χ1) is 10.2. The normalized spacial score (nSPS) is 11.6. The third-order valence-electron chi connectivity index (χ3n) is 2.53. The van der Waals surface area contributed by atoms with Gasteiger partial charge in [0.05, 0.1) is 4.90 Å². The zero-order valence-corrected chi connectivity index (χ0v) is 12.9. The minimum atomic E-state index is -3.77. The van der Waals surface area contributed by atoms with Gasteiger partial charge in [-0.25, -0.2) is 14.4 Å². The Hall–Kier alpha value is -2.62. The molecule has 0 aliphatic heterocycles. The van der Waals surface area contributed by atoms with Gasteiger partial charge in [0.2, 0.25) is 0 Å². The molecular formula is C12H17N5O4S. The van der Waals surface area contributed by atoms with Crippen LogP contribution in [0, 0.1) is 0 Å². The summed E-state index contributed by atoms with van der Waals surface area (Å²) in [5.74, 6) is 0. The predicted octanol–water partition coefficient (Wildman–Crippen LogP) is 0.951. The number of urea groups is 2. The van der Waals surface area contributed by atoms with Crippen molar-refractivity contribution in [1.82, 2.24) is 10.1 Å². The van der Waals surface area contributed by atoms with Gasteiger partial charge in [0.25, 0.3) is 10.0 Å². The Labute approximate surface area is 128 Å². The summed E-state index contributed by atoms with van der Waals surface area (Å²) in [7, 11) is -3.77. The molecule has 0 bridgehead atoms. The molecule has 0 unspecified atom stereocenters. The molecule has 10 heteroatoms. The maximum absolute atomic E-state index is 12.0. The number of sulfonamides is 1. The number of hydrazone groups is 1. The highest BCUT2D eigenvalue weighted by Crippen LogP contribution is 2.13. The van der Waals surface area contributed by atoms with E-state index in [1.54, 1.807) is 6.92 Å². The molecule has 0 radical (unpaired) electrons. The van der Waals surface area contributed by atoms with E-state index in [4.69, 9.17) is 5.73 Å². The molecule has 0 aliphatic rings. The topological polar surface area (TPSA) is 143 Å². The van der Waals surface area contributed by atoms with E-state index >= 15 is 0 Å². The molecule has 9 nitrogen and oxygen atoms in total. The number of primary amides is 1. The quantitative estimate of drug-likeness (QED) is 0.471. The van der Waals surface area contributed by atoms with Gasteiger partial charge in [0.1, 0.15) is 0 Å². The Kier molecular flexibility index (Phi) is 5.87. The lowest BCUT2D eigenvalue weighted by Crippen LogP contribution is -2.38. The van der Waals surface area contributed by atoms with E-state index in [-0.39, 0.29) is 4.90 Å². The molecule has 0 atom stereocenters. The number of amides is 4. The van der Waals surface area contributed by atoms with Gasteiger partial charge in [0, 0.05) is 11.4 Å². The van der Waals surface area contributed by atoms with Crippen LogP contribution >= 0.6 is 0 Å². The van der Waals surface area contributed by atoms with Crippen molar-refractivity contribution in [2.75, 3.05) is 5.32 Å².